The maximum atomic E-state index is 14.1. The van der Waals surface area contributed by atoms with Crippen molar-refractivity contribution in [1.82, 2.24) is 19.6 Å². The zero-order chi connectivity index (χ0) is 33.5. The first-order chi connectivity index (χ1) is 23.9. The molecule has 0 saturated carbocycles. The molecule has 49 heavy (non-hydrogen) atoms. The summed E-state index contributed by atoms with van der Waals surface area (Å²) in [5.41, 5.74) is 3.85. The molecule has 0 N–H and O–H groups in total. The maximum absolute atomic E-state index is 14.1. The molecule has 4 heterocycles. The summed E-state index contributed by atoms with van der Waals surface area (Å²) in [5, 5.41) is 9.46. The molecule has 0 radical (unpaired) electrons. The van der Waals surface area contributed by atoms with Crippen molar-refractivity contribution < 1.29 is 28.5 Å². The highest BCUT2D eigenvalue weighted by molar-refractivity contribution is 5.99. The zero-order valence-electron chi connectivity index (χ0n) is 26.2. The number of aromatic nitrogens is 4. The predicted octanol–water partition coefficient (Wildman–Crippen LogP) is 6.59. The second kappa shape index (κ2) is 11.8. The molecule has 4 aromatic carbocycles. The topological polar surface area (TPSA) is 131 Å². The van der Waals surface area contributed by atoms with Crippen LogP contribution in [0.1, 0.15) is 43.2 Å². The molecule has 12 heteroatoms. The van der Waals surface area contributed by atoms with Crippen LogP contribution < -0.4 is 9.47 Å². The first-order valence-electron chi connectivity index (χ1n) is 15.3. The lowest BCUT2D eigenvalue weighted by Crippen LogP contribution is -2.52. The van der Waals surface area contributed by atoms with Crippen LogP contribution in [0.2, 0.25) is 0 Å². The van der Waals surface area contributed by atoms with Gasteiger partial charge in [0, 0.05) is 12.4 Å². The average Bonchev–Trinajstić information content (AvgIpc) is 3.60. The van der Waals surface area contributed by atoms with Crippen LogP contribution in [0, 0.1) is 13.8 Å². The smallest absolute Gasteiger partial charge is 0.367 e. The number of carbonyl (C=O) groups is 2. The Balaban J connectivity index is 1.43. The molecular weight excluding hydrogens is 624 g/mol. The van der Waals surface area contributed by atoms with Crippen LogP contribution in [0.25, 0.3) is 11.4 Å². The van der Waals surface area contributed by atoms with Gasteiger partial charge in [-0.25, -0.2) is 9.59 Å². The van der Waals surface area contributed by atoms with Crippen LogP contribution in [-0.2, 0) is 9.47 Å². The standard InChI is InChI=1S/C37H26N6O6/c1-23-29-21-38-31-19-11-9-17-27(31)35(44)48-37(46-33(29)42(40-23)25-13-5-3-6-14-25)47-34-30(24(2)41-43(34)26-15-7-4-8-16-26)22-39-32-20-12-10-18-28(32)36(45)49-37/h3-22H,1-2H3. The van der Waals surface area contributed by atoms with Crippen molar-refractivity contribution in [2.75, 3.05) is 0 Å². The fourth-order valence-electron chi connectivity index (χ4n) is 5.50. The van der Waals surface area contributed by atoms with Gasteiger partial charge in [0.25, 0.3) is 0 Å². The van der Waals surface area contributed by atoms with Crippen LogP contribution in [0.5, 0.6) is 11.8 Å². The van der Waals surface area contributed by atoms with Gasteiger partial charge in [0.1, 0.15) is 0 Å². The SMILES string of the molecule is Cc1nn(-c2ccccc2)c2c1C=Nc1ccccc1C(=O)OC1(OC(=O)c3ccccc3N=Cc3c(C)nn(-c4ccccc4)c3O1)O2. The monoisotopic (exact) mass is 650 g/mol. The summed E-state index contributed by atoms with van der Waals surface area (Å²) in [7, 11) is 0. The normalized spacial score (nSPS) is 16.6. The van der Waals surface area contributed by atoms with E-state index in [1.807, 2.05) is 60.7 Å². The number of aryl methyl sites for hydroxylation is 2. The van der Waals surface area contributed by atoms with Gasteiger partial charge in [-0.2, -0.15) is 19.6 Å². The van der Waals surface area contributed by atoms with Crippen LogP contribution in [-0.4, -0.2) is 50.1 Å². The zero-order valence-corrected chi connectivity index (χ0v) is 26.2. The van der Waals surface area contributed by atoms with Crippen molar-refractivity contribution in [1.29, 1.82) is 0 Å². The minimum absolute atomic E-state index is 0.0236. The Labute approximate surface area is 279 Å². The van der Waals surface area contributed by atoms with Gasteiger partial charge in [0.2, 0.25) is 11.8 Å². The van der Waals surface area contributed by atoms with Crippen molar-refractivity contribution in [3.05, 3.63) is 143 Å². The summed E-state index contributed by atoms with van der Waals surface area (Å²) in [6, 6.07) is 31.6. The molecule has 0 unspecified atom stereocenters. The van der Waals surface area contributed by atoms with E-state index in [0.717, 1.165) is 0 Å². The van der Waals surface area contributed by atoms with E-state index in [2.05, 4.69) is 9.98 Å². The van der Waals surface area contributed by atoms with Crippen LogP contribution >= 0.6 is 0 Å². The molecule has 12 nitrogen and oxygen atoms in total. The van der Waals surface area contributed by atoms with Crippen LogP contribution in [0.3, 0.4) is 0 Å². The molecule has 0 aliphatic carbocycles. The Morgan fingerprint density at radius 2 is 0.898 bits per heavy atom. The quantitative estimate of drug-likeness (QED) is 0.192. The molecule has 2 aliphatic rings. The van der Waals surface area contributed by atoms with Gasteiger partial charge in [-0.3, -0.25) is 9.98 Å². The fraction of sp³-hybridized carbons (Fsp3) is 0.0811. The highest BCUT2D eigenvalue weighted by Gasteiger charge is 2.51. The van der Waals surface area contributed by atoms with Gasteiger partial charge in [-0.15, -0.1) is 0 Å². The number of esters is 2. The molecule has 6 aromatic rings. The van der Waals surface area contributed by atoms with Gasteiger partial charge in [0.05, 0.1) is 56.4 Å². The number of carbonyl (C=O) groups excluding carboxylic acids is 2. The molecular formula is C37H26N6O6. The van der Waals surface area contributed by atoms with Crippen molar-refractivity contribution in [2.45, 2.75) is 20.0 Å². The first kappa shape index (κ1) is 29.6. The van der Waals surface area contributed by atoms with E-state index in [1.54, 1.807) is 62.4 Å². The summed E-state index contributed by atoms with van der Waals surface area (Å²) in [6.07, 6.45) is 0.193. The highest BCUT2D eigenvalue weighted by atomic mass is 17.0. The molecule has 0 atom stereocenters. The number of fused-ring (bicyclic) bond motifs is 4. The molecule has 0 bridgehead atoms. The minimum Gasteiger partial charge on any atom is -0.367 e. The van der Waals surface area contributed by atoms with Gasteiger partial charge < -0.3 is 18.9 Å². The van der Waals surface area contributed by atoms with E-state index >= 15 is 0 Å². The number of para-hydroxylation sites is 4. The van der Waals surface area contributed by atoms with E-state index < -0.39 is 18.1 Å². The van der Waals surface area contributed by atoms with Crippen LogP contribution in [0.4, 0.5) is 11.4 Å². The lowest BCUT2D eigenvalue weighted by Gasteiger charge is -2.31. The molecule has 0 fully saturated rings. The molecule has 0 saturated heterocycles. The van der Waals surface area contributed by atoms with Crippen molar-refractivity contribution >= 4 is 35.7 Å². The van der Waals surface area contributed by atoms with Crippen molar-refractivity contribution in [3.8, 4) is 23.1 Å². The lowest BCUT2D eigenvalue weighted by atomic mass is 10.1. The van der Waals surface area contributed by atoms with E-state index in [-0.39, 0.29) is 22.9 Å². The largest absolute Gasteiger partial charge is 0.618 e. The second-order valence-electron chi connectivity index (χ2n) is 11.1. The first-order valence-corrected chi connectivity index (χ1v) is 15.3. The Morgan fingerprint density at radius 3 is 1.33 bits per heavy atom. The number of rotatable bonds is 2. The third kappa shape index (κ3) is 5.30. The highest BCUT2D eigenvalue weighted by Crippen LogP contribution is 2.38. The van der Waals surface area contributed by atoms with Crippen molar-refractivity contribution in [3.63, 3.8) is 0 Å². The van der Waals surface area contributed by atoms with E-state index in [1.165, 1.54) is 21.8 Å². The second-order valence-corrected chi connectivity index (χ2v) is 11.1. The van der Waals surface area contributed by atoms with Gasteiger partial charge in [-0.1, -0.05) is 60.7 Å². The molecule has 1 spiro atoms. The maximum Gasteiger partial charge on any atom is 0.618 e. The minimum atomic E-state index is -2.88. The molecule has 0 amide bonds. The summed E-state index contributed by atoms with van der Waals surface area (Å²) in [5.74, 6) is -1.82. The Hall–Kier alpha value is -6.82. The van der Waals surface area contributed by atoms with E-state index in [9.17, 15) is 9.59 Å². The molecule has 2 aromatic heterocycles. The van der Waals surface area contributed by atoms with Gasteiger partial charge >= 0.3 is 18.1 Å². The molecule has 2 aliphatic heterocycles. The molecule has 8 rings (SSSR count). The number of nitrogens with zero attached hydrogens (tertiary/aromatic N) is 6. The summed E-state index contributed by atoms with van der Waals surface area (Å²) >= 11 is 0. The predicted molar refractivity (Wildman–Crippen MR) is 179 cm³/mol. The number of hydrogen-bond donors (Lipinski definition) is 0. The number of aliphatic imine (C=N–C) groups is 2. The Morgan fingerprint density at radius 1 is 0.510 bits per heavy atom. The molecule has 240 valence electrons. The number of ether oxygens (including phenoxy) is 4. The van der Waals surface area contributed by atoms with E-state index in [0.29, 0.717) is 45.3 Å². The summed E-state index contributed by atoms with van der Waals surface area (Å²) in [4.78, 5) is 37.5. The number of hydrogen-bond acceptors (Lipinski definition) is 10. The van der Waals surface area contributed by atoms with Crippen molar-refractivity contribution in [2.24, 2.45) is 9.98 Å². The Bertz CT molecular complexity index is 2150. The fourth-order valence-corrected chi connectivity index (χ4v) is 5.50. The van der Waals surface area contributed by atoms with Gasteiger partial charge in [0.15, 0.2) is 0 Å². The summed E-state index contributed by atoms with van der Waals surface area (Å²) in [6.45, 7) is 3.56. The Kier molecular flexibility index (Phi) is 7.10. The van der Waals surface area contributed by atoms with E-state index in [4.69, 9.17) is 29.1 Å². The lowest BCUT2D eigenvalue weighted by molar-refractivity contribution is -0.394. The third-order valence-electron chi connectivity index (χ3n) is 7.92. The average molecular weight is 651 g/mol. The van der Waals surface area contributed by atoms with Gasteiger partial charge in [-0.05, 0) is 62.4 Å². The van der Waals surface area contributed by atoms with Crippen LogP contribution in [0.15, 0.2) is 119 Å². The number of benzene rings is 4. The summed E-state index contributed by atoms with van der Waals surface area (Å²) < 4.78 is 28.3. The third-order valence-corrected chi connectivity index (χ3v) is 7.92.